The van der Waals surface area contributed by atoms with E-state index in [4.69, 9.17) is 4.74 Å². The van der Waals surface area contributed by atoms with Crippen molar-refractivity contribution in [2.45, 2.75) is 64.0 Å². The van der Waals surface area contributed by atoms with E-state index >= 15 is 0 Å². The van der Waals surface area contributed by atoms with Crippen LogP contribution in [0.3, 0.4) is 0 Å². The van der Waals surface area contributed by atoms with E-state index in [0.29, 0.717) is 25.1 Å². The first-order chi connectivity index (χ1) is 13.5. The molecular formula is C19H40IN5O3S. The number of sulfonamides is 1. The van der Waals surface area contributed by atoms with Crippen molar-refractivity contribution in [3.8, 4) is 0 Å². The molecule has 0 spiro atoms. The Bertz CT molecular complexity index is 570. The molecule has 2 rings (SSSR count). The zero-order valence-electron chi connectivity index (χ0n) is 18.0. The number of likely N-dealkylation sites (tertiary alicyclic amines) is 1. The van der Waals surface area contributed by atoms with Gasteiger partial charge in [0.1, 0.15) is 0 Å². The quantitative estimate of drug-likeness (QED) is 0.219. The van der Waals surface area contributed by atoms with Crippen LogP contribution in [0.2, 0.25) is 0 Å². The molecule has 0 amide bonds. The number of hydrogen-bond acceptors (Lipinski definition) is 5. The Morgan fingerprint density at radius 2 is 1.90 bits per heavy atom. The third kappa shape index (κ3) is 10.6. The molecular weight excluding hydrogens is 505 g/mol. The highest BCUT2D eigenvalue weighted by molar-refractivity contribution is 14.0. The largest absolute Gasteiger partial charge is 0.377 e. The Kier molecular flexibility index (Phi) is 13.7. The summed E-state index contributed by atoms with van der Waals surface area (Å²) in [4.78, 5) is 6.74. The molecule has 0 saturated carbocycles. The zero-order chi connectivity index (χ0) is 20.2. The number of nitrogens with one attached hydrogen (secondary N) is 3. The van der Waals surface area contributed by atoms with Crippen LogP contribution >= 0.6 is 24.0 Å². The predicted octanol–water partition coefficient (Wildman–Crippen LogP) is 1.52. The van der Waals surface area contributed by atoms with Gasteiger partial charge in [0, 0.05) is 45.9 Å². The van der Waals surface area contributed by atoms with Crippen LogP contribution in [0.4, 0.5) is 0 Å². The summed E-state index contributed by atoms with van der Waals surface area (Å²) in [7, 11) is -1.61. The Hall–Kier alpha value is -0.170. The van der Waals surface area contributed by atoms with Gasteiger partial charge in [-0.05, 0) is 45.1 Å². The molecule has 3 N–H and O–H groups in total. The lowest BCUT2D eigenvalue weighted by Crippen LogP contribution is -2.47. The topological polar surface area (TPSA) is 95.1 Å². The third-order valence-corrected chi connectivity index (χ3v) is 6.95. The average Bonchev–Trinajstić information content (AvgIpc) is 2.72. The Labute approximate surface area is 194 Å². The molecule has 2 aliphatic rings. The van der Waals surface area contributed by atoms with Crippen molar-refractivity contribution in [3.63, 3.8) is 0 Å². The summed E-state index contributed by atoms with van der Waals surface area (Å²) in [6, 6.07) is 0.690. The fourth-order valence-electron chi connectivity index (χ4n) is 3.92. The molecule has 0 aromatic carbocycles. The van der Waals surface area contributed by atoms with Crippen LogP contribution in [0.1, 0.15) is 51.9 Å². The van der Waals surface area contributed by atoms with Crippen LogP contribution in [0.25, 0.3) is 0 Å². The van der Waals surface area contributed by atoms with Gasteiger partial charge in [-0.2, -0.15) is 0 Å². The van der Waals surface area contributed by atoms with Crippen molar-refractivity contribution in [1.82, 2.24) is 20.3 Å². The molecule has 0 aliphatic carbocycles. The molecule has 2 atom stereocenters. The monoisotopic (exact) mass is 545 g/mol. The summed E-state index contributed by atoms with van der Waals surface area (Å²) >= 11 is 0. The lowest BCUT2D eigenvalue weighted by Gasteiger charge is -2.35. The molecule has 0 radical (unpaired) electrons. The Morgan fingerprint density at radius 3 is 2.59 bits per heavy atom. The van der Waals surface area contributed by atoms with Crippen LogP contribution < -0.4 is 15.4 Å². The molecule has 0 bridgehead atoms. The molecule has 2 saturated heterocycles. The van der Waals surface area contributed by atoms with Crippen molar-refractivity contribution in [2.24, 2.45) is 4.99 Å². The number of ether oxygens (including phenoxy) is 1. The lowest BCUT2D eigenvalue weighted by atomic mass is 10.0. The van der Waals surface area contributed by atoms with E-state index in [0.717, 1.165) is 39.0 Å². The normalized spacial score (nSPS) is 24.0. The van der Waals surface area contributed by atoms with Gasteiger partial charge in [0.25, 0.3) is 0 Å². The molecule has 8 nitrogen and oxygen atoms in total. The first kappa shape index (κ1) is 26.9. The van der Waals surface area contributed by atoms with Crippen LogP contribution in [-0.4, -0.2) is 83.6 Å². The number of aliphatic imine (C=N–C) groups is 1. The van der Waals surface area contributed by atoms with Crippen molar-refractivity contribution in [1.29, 1.82) is 0 Å². The van der Waals surface area contributed by atoms with E-state index in [9.17, 15) is 8.42 Å². The molecule has 2 heterocycles. The van der Waals surface area contributed by atoms with Gasteiger partial charge in [-0.15, -0.1) is 24.0 Å². The highest BCUT2D eigenvalue weighted by Crippen LogP contribution is 2.18. The molecule has 2 aliphatic heterocycles. The highest BCUT2D eigenvalue weighted by Gasteiger charge is 2.20. The minimum absolute atomic E-state index is 0. The molecule has 10 heteroatoms. The van der Waals surface area contributed by atoms with Crippen molar-refractivity contribution in [3.05, 3.63) is 0 Å². The molecule has 2 unspecified atom stereocenters. The van der Waals surface area contributed by atoms with E-state index in [-0.39, 0.29) is 35.8 Å². The lowest BCUT2D eigenvalue weighted by molar-refractivity contribution is 0.0200. The number of rotatable bonds is 10. The Balaban J connectivity index is 0.00000420. The van der Waals surface area contributed by atoms with E-state index in [1.807, 2.05) is 0 Å². The fraction of sp³-hybridized carbons (Fsp3) is 0.947. The van der Waals surface area contributed by atoms with Gasteiger partial charge in [0.05, 0.1) is 11.9 Å². The van der Waals surface area contributed by atoms with Crippen molar-refractivity contribution >= 4 is 40.0 Å². The van der Waals surface area contributed by atoms with Crippen molar-refractivity contribution in [2.75, 3.05) is 52.1 Å². The van der Waals surface area contributed by atoms with Gasteiger partial charge >= 0.3 is 0 Å². The van der Waals surface area contributed by atoms with Gasteiger partial charge in [-0.25, -0.2) is 13.1 Å². The second kappa shape index (κ2) is 14.8. The zero-order valence-corrected chi connectivity index (χ0v) is 21.1. The second-order valence-electron chi connectivity index (χ2n) is 7.68. The standard InChI is InChI=1S/C19H39N5O3S.HI/c1-3-17-8-4-6-12-24(17)13-10-21-19(20-2)22-11-15-28(25,26)23-16-18-9-5-7-14-27-18;/h17-18,23H,3-16H2,1-2H3,(H2,20,21,22);1H. The summed E-state index contributed by atoms with van der Waals surface area (Å²) in [5.41, 5.74) is 0. The number of halogens is 1. The van der Waals surface area contributed by atoms with Gasteiger partial charge in [0.15, 0.2) is 5.96 Å². The number of nitrogens with zero attached hydrogens (tertiary/aromatic N) is 2. The van der Waals surface area contributed by atoms with E-state index < -0.39 is 10.0 Å². The number of hydrogen-bond donors (Lipinski definition) is 3. The van der Waals surface area contributed by atoms with Gasteiger partial charge in [-0.3, -0.25) is 9.89 Å². The van der Waals surface area contributed by atoms with Crippen LogP contribution in [0, 0.1) is 0 Å². The van der Waals surface area contributed by atoms with Crippen LogP contribution in [0.5, 0.6) is 0 Å². The second-order valence-corrected chi connectivity index (χ2v) is 9.60. The molecule has 0 aromatic rings. The molecule has 2 fully saturated rings. The molecule has 0 aromatic heterocycles. The van der Waals surface area contributed by atoms with Gasteiger partial charge in [-0.1, -0.05) is 13.3 Å². The van der Waals surface area contributed by atoms with Gasteiger partial charge in [0.2, 0.25) is 10.0 Å². The molecule has 172 valence electrons. The number of guanidine groups is 1. The highest BCUT2D eigenvalue weighted by atomic mass is 127. The number of piperidine rings is 1. The minimum Gasteiger partial charge on any atom is -0.377 e. The summed E-state index contributed by atoms with van der Waals surface area (Å²) in [5.74, 6) is 0.667. The fourth-order valence-corrected chi connectivity index (χ4v) is 4.87. The first-order valence-electron chi connectivity index (χ1n) is 10.8. The SMILES string of the molecule is CCC1CCCCN1CCNC(=NC)NCCS(=O)(=O)NCC1CCCCO1.I. The average molecular weight is 546 g/mol. The minimum atomic E-state index is -3.32. The van der Waals surface area contributed by atoms with Gasteiger partial charge < -0.3 is 15.4 Å². The summed E-state index contributed by atoms with van der Waals surface area (Å²) in [6.45, 7) is 6.63. The maximum Gasteiger partial charge on any atom is 0.213 e. The maximum atomic E-state index is 12.2. The summed E-state index contributed by atoms with van der Waals surface area (Å²) < 4.78 is 32.5. The third-order valence-electron chi connectivity index (χ3n) is 5.60. The van der Waals surface area contributed by atoms with E-state index in [2.05, 4.69) is 32.2 Å². The molecule has 29 heavy (non-hydrogen) atoms. The van der Waals surface area contributed by atoms with Crippen LogP contribution in [-0.2, 0) is 14.8 Å². The van der Waals surface area contributed by atoms with E-state index in [1.165, 1.54) is 32.2 Å². The smallest absolute Gasteiger partial charge is 0.213 e. The maximum absolute atomic E-state index is 12.2. The summed E-state index contributed by atoms with van der Waals surface area (Å²) in [5, 5.41) is 6.39. The van der Waals surface area contributed by atoms with E-state index in [1.54, 1.807) is 7.05 Å². The van der Waals surface area contributed by atoms with Crippen molar-refractivity contribution < 1.29 is 13.2 Å². The predicted molar refractivity (Wildman–Crippen MR) is 130 cm³/mol. The van der Waals surface area contributed by atoms with Crippen LogP contribution in [0.15, 0.2) is 4.99 Å². The Morgan fingerprint density at radius 1 is 1.14 bits per heavy atom. The first-order valence-corrected chi connectivity index (χ1v) is 12.5. The summed E-state index contributed by atoms with van der Waals surface area (Å²) in [6.07, 6.45) is 8.20.